The van der Waals surface area contributed by atoms with Gasteiger partial charge in [-0.2, -0.15) is 0 Å². The highest BCUT2D eigenvalue weighted by atomic mass is 16.6. The standard InChI is InChI=1S/C25H26O6/c1-24(2)11-10-14-18(26)17-19(27)20(28)21(13-8-6-5-7-9-13)29-23(17)15(22(14)31-24)12-16-25(3,4)30-16/h5-11,16,20-21,26,28H,12H2,1-4H3/t16?,20-,21+/m0/s1. The first-order valence-corrected chi connectivity index (χ1v) is 10.5. The zero-order valence-corrected chi connectivity index (χ0v) is 18.0. The topological polar surface area (TPSA) is 88.5 Å². The molecule has 2 aromatic rings. The van der Waals surface area contributed by atoms with Gasteiger partial charge in [0, 0.05) is 12.0 Å². The minimum absolute atomic E-state index is 0.000145. The monoisotopic (exact) mass is 422 g/mol. The highest BCUT2D eigenvalue weighted by Gasteiger charge is 2.50. The third kappa shape index (κ3) is 3.22. The van der Waals surface area contributed by atoms with Gasteiger partial charge in [0.15, 0.2) is 12.2 Å². The maximum atomic E-state index is 13.2. The zero-order chi connectivity index (χ0) is 22.1. The van der Waals surface area contributed by atoms with Gasteiger partial charge in [-0.15, -0.1) is 0 Å². The van der Waals surface area contributed by atoms with Crippen LogP contribution in [-0.2, 0) is 11.2 Å². The minimum atomic E-state index is -1.43. The van der Waals surface area contributed by atoms with E-state index in [1.807, 2.05) is 52.0 Å². The first kappa shape index (κ1) is 20.1. The Morgan fingerprint density at radius 2 is 1.74 bits per heavy atom. The number of carbonyl (C=O) groups excluding carboxylic acids is 1. The van der Waals surface area contributed by atoms with E-state index in [4.69, 9.17) is 14.2 Å². The second-order valence-electron chi connectivity index (χ2n) is 9.49. The average Bonchev–Trinajstić information content (AvgIpc) is 3.33. The number of ether oxygens (including phenoxy) is 3. The Labute approximate surface area is 181 Å². The maximum Gasteiger partial charge on any atom is 0.202 e. The molecule has 1 fully saturated rings. The second kappa shape index (κ2) is 6.58. The van der Waals surface area contributed by atoms with Gasteiger partial charge in [-0.25, -0.2) is 0 Å². The summed E-state index contributed by atoms with van der Waals surface area (Å²) in [5, 5.41) is 21.8. The number of ketones is 1. The Balaban J connectivity index is 1.70. The van der Waals surface area contributed by atoms with Crippen LogP contribution >= 0.6 is 0 Å². The van der Waals surface area contributed by atoms with Crippen LogP contribution in [0, 0.1) is 0 Å². The van der Waals surface area contributed by atoms with Crippen LogP contribution in [0.2, 0.25) is 0 Å². The third-order valence-electron chi connectivity index (χ3n) is 6.26. The van der Waals surface area contributed by atoms with Gasteiger partial charge < -0.3 is 24.4 Å². The quantitative estimate of drug-likeness (QED) is 0.728. The second-order valence-corrected chi connectivity index (χ2v) is 9.49. The van der Waals surface area contributed by atoms with Crippen molar-refractivity contribution in [3.05, 3.63) is 58.7 Å². The molecule has 3 heterocycles. The van der Waals surface area contributed by atoms with E-state index in [9.17, 15) is 15.0 Å². The van der Waals surface area contributed by atoms with Crippen molar-refractivity contribution >= 4 is 11.9 Å². The molecule has 0 bridgehead atoms. The largest absolute Gasteiger partial charge is 0.506 e. The van der Waals surface area contributed by atoms with Gasteiger partial charge in [-0.3, -0.25) is 4.79 Å². The predicted molar refractivity (Wildman–Crippen MR) is 115 cm³/mol. The first-order chi connectivity index (χ1) is 14.6. The maximum absolute atomic E-state index is 13.2. The molecule has 1 saturated heterocycles. The predicted octanol–water partition coefficient (Wildman–Crippen LogP) is 3.97. The number of phenols is 1. The van der Waals surface area contributed by atoms with E-state index >= 15 is 0 Å². The van der Waals surface area contributed by atoms with Crippen molar-refractivity contribution in [2.45, 2.75) is 63.6 Å². The summed E-state index contributed by atoms with van der Waals surface area (Å²) in [4.78, 5) is 13.2. The molecule has 2 N–H and O–H groups in total. The van der Waals surface area contributed by atoms with Gasteiger partial charge in [-0.05, 0) is 45.4 Å². The zero-order valence-electron chi connectivity index (χ0n) is 18.0. The van der Waals surface area contributed by atoms with Crippen LogP contribution in [0.4, 0.5) is 0 Å². The molecule has 0 aromatic heterocycles. The lowest BCUT2D eigenvalue weighted by atomic mass is 9.86. The number of rotatable bonds is 3. The normalized spacial score (nSPS) is 27.0. The lowest BCUT2D eigenvalue weighted by molar-refractivity contribution is 0.0203. The number of carbonyl (C=O) groups is 1. The molecule has 0 aliphatic carbocycles. The molecule has 3 aliphatic heterocycles. The number of hydrogen-bond acceptors (Lipinski definition) is 6. The lowest BCUT2D eigenvalue weighted by Crippen LogP contribution is -2.37. The van der Waals surface area contributed by atoms with Gasteiger partial charge >= 0.3 is 0 Å². The van der Waals surface area contributed by atoms with Gasteiger partial charge in [0.25, 0.3) is 0 Å². The van der Waals surface area contributed by atoms with E-state index in [1.54, 1.807) is 18.2 Å². The first-order valence-electron chi connectivity index (χ1n) is 10.5. The SMILES string of the molecule is CC1(C)C=Cc2c(O)c3c(c(CC4OC4(C)C)c2O1)O[C@H](c1ccccc1)[C@@H](O)C3=O. The lowest BCUT2D eigenvalue weighted by Gasteiger charge is -2.36. The van der Waals surface area contributed by atoms with Crippen LogP contribution in [0.1, 0.15) is 60.8 Å². The molecule has 0 spiro atoms. The molecule has 162 valence electrons. The Hall–Kier alpha value is -2.83. The summed E-state index contributed by atoms with van der Waals surface area (Å²) in [5.41, 5.74) is 0.917. The molecular formula is C25H26O6. The molecule has 31 heavy (non-hydrogen) atoms. The van der Waals surface area contributed by atoms with E-state index in [0.29, 0.717) is 28.9 Å². The van der Waals surface area contributed by atoms with Crippen LogP contribution in [0.3, 0.4) is 0 Å². The number of epoxide rings is 1. The highest BCUT2D eigenvalue weighted by molar-refractivity contribution is 6.07. The minimum Gasteiger partial charge on any atom is -0.506 e. The number of fused-ring (bicyclic) bond motifs is 2. The van der Waals surface area contributed by atoms with Crippen molar-refractivity contribution in [2.75, 3.05) is 0 Å². The summed E-state index contributed by atoms with van der Waals surface area (Å²) in [6, 6.07) is 9.12. The number of aliphatic hydroxyl groups is 1. The fourth-order valence-electron chi connectivity index (χ4n) is 4.34. The molecule has 0 saturated carbocycles. The van der Waals surface area contributed by atoms with Crippen LogP contribution in [0.15, 0.2) is 36.4 Å². The van der Waals surface area contributed by atoms with E-state index < -0.39 is 23.6 Å². The van der Waals surface area contributed by atoms with Crippen LogP contribution in [-0.4, -0.2) is 39.4 Å². The Morgan fingerprint density at radius 1 is 1.06 bits per heavy atom. The molecule has 3 aliphatic rings. The van der Waals surface area contributed by atoms with E-state index in [2.05, 4.69) is 0 Å². The smallest absolute Gasteiger partial charge is 0.202 e. The van der Waals surface area contributed by atoms with Crippen molar-refractivity contribution in [1.82, 2.24) is 0 Å². The van der Waals surface area contributed by atoms with Crippen molar-refractivity contribution in [3.8, 4) is 17.2 Å². The summed E-state index contributed by atoms with van der Waals surface area (Å²) in [7, 11) is 0. The summed E-state index contributed by atoms with van der Waals surface area (Å²) in [5.74, 6) is -0.0400. The molecule has 0 radical (unpaired) electrons. The van der Waals surface area contributed by atoms with E-state index in [-0.39, 0.29) is 28.8 Å². The number of phenolic OH excluding ortho intramolecular Hbond substituents is 1. The Morgan fingerprint density at radius 3 is 2.39 bits per heavy atom. The van der Waals surface area contributed by atoms with Gasteiger partial charge in [0.1, 0.15) is 28.4 Å². The van der Waals surface area contributed by atoms with Gasteiger partial charge in [0.05, 0.1) is 17.3 Å². The van der Waals surface area contributed by atoms with Crippen molar-refractivity contribution in [1.29, 1.82) is 0 Å². The fourth-order valence-corrected chi connectivity index (χ4v) is 4.34. The summed E-state index contributed by atoms with van der Waals surface area (Å²) in [6.07, 6.45) is 1.69. The molecule has 1 unspecified atom stereocenters. The average molecular weight is 422 g/mol. The summed E-state index contributed by atoms with van der Waals surface area (Å²) >= 11 is 0. The third-order valence-corrected chi connectivity index (χ3v) is 6.26. The number of hydrogen-bond donors (Lipinski definition) is 2. The number of aliphatic hydroxyl groups excluding tert-OH is 1. The van der Waals surface area contributed by atoms with E-state index in [0.717, 1.165) is 0 Å². The molecular weight excluding hydrogens is 396 g/mol. The Bertz CT molecular complexity index is 1100. The van der Waals surface area contributed by atoms with Crippen molar-refractivity contribution < 1.29 is 29.2 Å². The van der Waals surface area contributed by atoms with Gasteiger partial charge in [-0.1, -0.05) is 30.3 Å². The van der Waals surface area contributed by atoms with Crippen molar-refractivity contribution in [3.63, 3.8) is 0 Å². The van der Waals surface area contributed by atoms with Gasteiger partial charge in [0.2, 0.25) is 5.78 Å². The molecule has 6 nitrogen and oxygen atoms in total. The molecule has 3 atom stereocenters. The number of aromatic hydroxyl groups is 1. The molecule has 2 aromatic carbocycles. The highest BCUT2D eigenvalue weighted by Crippen LogP contribution is 2.53. The molecule has 0 amide bonds. The fraction of sp³-hybridized carbons (Fsp3) is 0.400. The molecule has 5 rings (SSSR count). The number of Topliss-reactive ketones (excluding diaryl/α,β-unsaturated/α-hetero) is 1. The Kier molecular flexibility index (Phi) is 4.27. The van der Waals surface area contributed by atoms with Crippen LogP contribution < -0.4 is 9.47 Å². The summed E-state index contributed by atoms with van der Waals surface area (Å²) < 4.78 is 18.3. The summed E-state index contributed by atoms with van der Waals surface area (Å²) in [6.45, 7) is 7.86. The van der Waals surface area contributed by atoms with Crippen LogP contribution in [0.25, 0.3) is 6.08 Å². The van der Waals surface area contributed by atoms with Crippen molar-refractivity contribution in [2.24, 2.45) is 0 Å². The van der Waals surface area contributed by atoms with Crippen LogP contribution in [0.5, 0.6) is 17.2 Å². The molecule has 6 heteroatoms. The number of benzene rings is 2. The van der Waals surface area contributed by atoms with E-state index in [1.165, 1.54) is 0 Å².